The van der Waals surface area contributed by atoms with E-state index in [0.29, 0.717) is 11.4 Å². The van der Waals surface area contributed by atoms with Crippen LogP contribution in [0.25, 0.3) is 5.69 Å². The molecule has 0 aliphatic carbocycles. The lowest BCUT2D eigenvalue weighted by Gasteiger charge is -2.23. The van der Waals surface area contributed by atoms with Gasteiger partial charge in [-0.3, -0.25) is 4.79 Å². The molecular weight excluding hydrogens is 461 g/mol. The van der Waals surface area contributed by atoms with Crippen molar-refractivity contribution in [2.24, 2.45) is 5.92 Å². The standard InChI is InChI=1S/C21H21Cl2N3O4S/c1-13(2)20(14-4-8-16(30-3)9-5-14)25-31(28,29)17-10-6-15(7-11-17)26-21(27)19(23)18(22)12-24-26/h4-13,20,25H,1-3H3/t20-/m0/s1. The second-order valence-corrected chi connectivity index (χ2v) is 9.63. The van der Waals surface area contributed by atoms with Crippen molar-refractivity contribution >= 4 is 33.2 Å². The summed E-state index contributed by atoms with van der Waals surface area (Å²) in [5.41, 5.74) is 0.586. The Bertz CT molecular complexity index is 1220. The molecule has 1 aromatic heterocycles. The van der Waals surface area contributed by atoms with Crippen molar-refractivity contribution in [1.82, 2.24) is 14.5 Å². The summed E-state index contributed by atoms with van der Waals surface area (Å²) in [6, 6.07) is 12.6. The second-order valence-electron chi connectivity index (χ2n) is 7.13. The first kappa shape index (κ1) is 23.3. The number of nitrogens with zero attached hydrogens (tertiary/aromatic N) is 2. The summed E-state index contributed by atoms with van der Waals surface area (Å²) in [5, 5.41) is 3.83. The highest BCUT2D eigenvalue weighted by atomic mass is 35.5. The highest BCUT2D eigenvalue weighted by Gasteiger charge is 2.24. The fourth-order valence-electron chi connectivity index (χ4n) is 3.00. The van der Waals surface area contributed by atoms with Crippen LogP contribution in [0.5, 0.6) is 5.75 Å². The van der Waals surface area contributed by atoms with Gasteiger partial charge in [-0.2, -0.15) is 9.78 Å². The Labute approximate surface area is 190 Å². The fraction of sp³-hybridized carbons (Fsp3) is 0.238. The number of hydrogen-bond donors (Lipinski definition) is 1. The molecule has 3 aromatic rings. The van der Waals surface area contributed by atoms with Crippen molar-refractivity contribution in [3.05, 3.63) is 80.7 Å². The van der Waals surface area contributed by atoms with Crippen LogP contribution in [0, 0.1) is 5.92 Å². The van der Waals surface area contributed by atoms with Crippen molar-refractivity contribution in [2.75, 3.05) is 7.11 Å². The molecule has 0 saturated carbocycles. The van der Waals surface area contributed by atoms with Crippen molar-refractivity contribution in [2.45, 2.75) is 24.8 Å². The van der Waals surface area contributed by atoms with Crippen molar-refractivity contribution < 1.29 is 13.2 Å². The van der Waals surface area contributed by atoms with Crippen molar-refractivity contribution in [1.29, 1.82) is 0 Å². The SMILES string of the molecule is COc1ccc([C@@H](NS(=O)(=O)c2ccc(-n3ncc(Cl)c(Cl)c3=O)cc2)C(C)C)cc1. The van der Waals surface area contributed by atoms with Gasteiger partial charge in [0.15, 0.2) is 0 Å². The summed E-state index contributed by atoms with van der Waals surface area (Å²) in [7, 11) is -2.26. The molecule has 7 nitrogen and oxygen atoms in total. The lowest BCUT2D eigenvalue weighted by atomic mass is 9.97. The summed E-state index contributed by atoms with van der Waals surface area (Å²) in [6.45, 7) is 3.87. The average molecular weight is 482 g/mol. The molecule has 0 bridgehead atoms. The second kappa shape index (κ2) is 9.40. The lowest BCUT2D eigenvalue weighted by molar-refractivity contribution is 0.413. The number of benzene rings is 2. The smallest absolute Gasteiger partial charge is 0.291 e. The van der Waals surface area contributed by atoms with E-state index >= 15 is 0 Å². The van der Waals surface area contributed by atoms with Crippen LogP contribution in [-0.2, 0) is 10.0 Å². The highest BCUT2D eigenvalue weighted by molar-refractivity contribution is 7.89. The molecule has 10 heteroatoms. The number of sulfonamides is 1. The third kappa shape index (κ3) is 5.10. The van der Waals surface area contributed by atoms with Crippen LogP contribution in [0.4, 0.5) is 0 Å². The van der Waals surface area contributed by atoms with Crippen LogP contribution in [0.1, 0.15) is 25.5 Å². The van der Waals surface area contributed by atoms with Gasteiger partial charge in [0.1, 0.15) is 10.8 Å². The monoisotopic (exact) mass is 481 g/mol. The number of hydrogen-bond acceptors (Lipinski definition) is 5. The molecule has 0 saturated heterocycles. The van der Waals surface area contributed by atoms with Crippen molar-refractivity contribution in [3.8, 4) is 11.4 Å². The quantitative estimate of drug-likeness (QED) is 0.545. The van der Waals surface area contributed by atoms with Crippen LogP contribution in [0.2, 0.25) is 10.0 Å². The molecule has 0 spiro atoms. The van der Waals surface area contributed by atoms with Crippen LogP contribution in [-0.4, -0.2) is 25.3 Å². The molecule has 0 aliphatic rings. The number of rotatable bonds is 7. The number of nitrogens with one attached hydrogen (secondary N) is 1. The maximum absolute atomic E-state index is 13.0. The van der Waals surface area contributed by atoms with E-state index < -0.39 is 21.6 Å². The molecule has 2 aromatic carbocycles. The topological polar surface area (TPSA) is 90.3 Å². The van der Waals surface area contributed by atoms with Gasteiger partial charge in [0, 0.05) is 6.04 Å². The predicted octanol–water partition coefficient (Wildman–Crippen LogP) is 4.22. The first-order valence-electron chi connectivity index (χ1n) is 9.34. The van der Waals surface area contributed by atoms with E-state index in [1.165, 1.54) is 30.5 Å². The number of methoxy groups -OCH3 is 1. The predicted molar refractivity (Wildman–Crippen MR) is 121 cm³/mol. The minimum atomic E-state index is -3.83. The summed E-state index contributed by atoms with van der Waals surface area (Å²) in [4.78, 5) is 12.3. The summed E-state index contributed by atoms with van der Waals surface area (Å²) in [6.07, 6.45) is 1.25. The van der Waals surface area contributed by atoms with E-state index in [4.69, 9.17) is 27.9 Å². The Balaban J connectivity index is 1.89. The van der Waals surface area contributed by atoms with Gasteiger partial charge in [0.2, 0.25) is 10.0 Å². The number of halogens is 2. The molecule has 31 heavy (non-hydrogen) atoms. The van der Waals surface area contributed by atoms with Crippen LogP contribution in [0.15, 0.2) is 64.4 Å². The van der Waals surface area contributed by atoms with Gasteiger partial charge in [-0.05, 0) is 47.9 Å². The summed E-state index contributed by atoms with van der Waals surface area (Å²) >= 11 is 11.7. The number of ether oxygens (including phenoxy) is 1. The average Bonchev–Trinajstić information content (AvgIpc) is 2.76. The zero-order valence-electron chi connectivity index (χ0n) is 17.0. The Morgan fingerprint density at radius 1 is 1.03 bits per heavy atom. The third-order valence-electron chi connectivity index (χ3n) is 4.69. The van der Waals surface area contributed by atoms with E-state index in [-0.39, 0.29) is 20.9 Å². The van der Waals surface area contributed by atoms with Gasteiger partial charge in [0.25, 0.3) is 5.56 Å². The molecule has 0 unspecified atom stereocenters. The molecule has 0 fully saturated rings. The van der Waals surface area contributed by atoms with E-state index in [1.807, 2.05) is 26.0 Å². The van der Waals surface area contributed by atoms with Gasteiger partial charge < -0.3 is 4.74 Å². The maximum atomic E-state index is 13.0. The lowest BCUT2D eigenvalue weighted by Crippen LogP contribution is -2.31. The number of aromatic nitrogens is 2. The molecule has 0 radical (unpaired) electrons. The molecule has 1 N–H and O–H groups in total. The Hall–Kier alpha value is -2.39. The molecule has 164 valence electrons. The zero-order chi connectivity index (χ0) is 22.8. The van der Waals surface area contributed by atoms with Gasteiger partial charge >= 0.3 is 0 Å². The van der Waals surface area contributed by atoms with E-state index in [2.05, 4.69) is 9.82 Å². The highest BCUT2D eigenvalue weighted by Crippen LogP contribution is 2.26. The van der Waals surface area contributed by atoms with E-state index in [9.17, 15) is 13.2 Å². The molecule has 1 atom stereocenters. The maximum Gasteiger partial charge on any atom is 0.291 e. The first-order valence-corrected chi connectivity index (χ1v) is 11.6. The normalized spacial score (nSPS) is 12.7. The molecule has 1 heterocycles. The van der Waals surface area contributed by atoms with Crippen LogP contribution < -0.4 is 15.0 Å². The van der Waals surface area contributed by atoms with Gasteiger partial charge in [0.05, 0.1) is 28.9 Å². The fourth-order valence-corrected chi connectivity index (χ4v) is 4.62. The van der Waals surface area contributed by atoms with E-state index in [0.717, 1.165) is 10.2 Å². The van der Waals surface area contributed by atoms with Crippen LogP contribution in [0.3, 0.4) is 0 Å². The molecule has 0 aliphatic heterocycles. The minimum Gasteiger partial charge on any atom is -0.497 e. The zero-order valence-corrected chi connectivity index (χ0v) is 19.4. The molecule has 0 amide bonds. The minimum absolute atomic E-state index is 0.00132. The Kier molecular flexibility index (Phi) is 7.06. The van der Waals surface area contributed by atoms with Gasteiger partial charge in [-0.1, -0.05) is 49.2 Å². The van der Waals surface area contributed by atoms with Crippen molar-refractivity contribution in [3.63, 3.8) is 0 Å². The molecule has 3 rings (SSSR count). The van der Waals surface area contributed by atoms with E-state index in [1.54, 1.807) is 19.2 Å². The molecular formula is C21H21Cl2N3O4S. The summed E-state index contributed by atoms with van der Waals surface area (Å²) < 4.78 is 35.0. The summed E-state index contributed by atoms with van der Waals surface area (Å²) in [5.74, 6) is 0.692. The largest absolute Gasteiger partial charge is 0.497 e. The van der Waals surface area contributed by atoms with Gasteiger partial charge in [-0.15, -0.1) is 0 Å². The van der Waals surface area contributed by atoms with Crippen LogP contribution >= 0.6 is 23.2 Å². The third-order valence-corrected chi connectivity index (χ3v) is 6.90. The Morgan fingerprint density at radius 2 is 1.65 bits per heavy atom. The Morgan fingerprint density at radius 3 is 2.19 bits per heavy atom. The first-order chi connectivity index (χ1) is 14.6. The van der Waals surface area contributed by atoms with Gasteiger partial charge in [-0.25, -0.2) is 13.1 Å².